The fourth-order valence-electron chi connectivity index (χ4n) is 2.61. The summed E-state index contributed by atoms with van der Waals surface area (Å²) in [6.07, 6.45) is 3.51. The molecule has 0 N–H and O–H groups in total. The molecule has 6 heteroatoms. The van der Waals surface area contributed by atoms with E-state index >= 15 is 0 Å². The Morgan fingerprint density at radius 1 is 0.929 bits per heavy atom. The lowest BCUT2D eigenvalue weighted by Crippen LogP contribution is -2.41. The summed E-state index contributed by atoms with van der Waals surface area (Å²) in [6, 6.07) is 0. The number of hydrogen-bond donors (Lipinski definition) is 0. The zero-order valence-corrected chi connectivity index (χ0v) is 22.2. The molecule has 0 saturated carbocycles. The van der Waals surface area contributed by atoms with E-state index in [-0.39, 0.29) is 22.0 Å². The molecule has 28 heavy (non-hydrogen) atoms. The van der Waals surface area contributed by atoms with E-state index in [2.05, 4.69) is 73.8 Å². The van der Waals surface area contributed by atoms with Crippen molar-refractivity contribution in [3.05, 3.63) is 23.2 Å². The van der Waals surface area contributed by atoms with Crippen LogP contribution in [-0.4, -0.2) is 29.7 Å². The van der Waals surface area contributed by atoms with Crippen LogP contribution in [-0.2, 0) is 18.4 Å². The van der Waals surface area contributed by atoms with Crippen molar-refractivity contribution in [3.63, 3.8) is 0 Å². The standard InChI is InChI=1S/C22H42O4Si2/c1-16-15-17(25-27(9,10)21(2,3)4)13-14-18(19(16)20(23)24-8)26-28(11,12)22(5,6)7/h15-16H,13-14H2,1-12H3/t16-/m0/s1. The number of rotatable bonds is 5. The smallest absolute Gasteiger partial charge is 0.337 e. The van der Waals surface area contributed by atoms with Crippen molar-refractivity contribution in [2.45, 2.75) is 97.6 Å². The molecule has 0 fully saturated rings. The Morgan fingerprint density at radius 3 is 1.82 bits per heavy atom. The Hall–Kier alpha value is -1.02. The van der Waals surface area contributed by atoms with Crippen LogP contribution in [0.1, 0.15) is 61.3 Å². The minimum Gasteiger partial charge on any atom is -0.547 e. The van der Waals surface area contributed by atoms with E-state index < -0.39 is 16.6 Å². The van der Waals surface area contributed by atoms with Crippen molar-refractivity contribution in [1.29, 1.82) is 0 Å². The van der Waals surface area contributed by atoms with Gasteiger partial charge < -0.3 is 13.6 Å². The number of allylic oxidation sites excluding steroid dienone is 3. The topological polar surface area (TPSA) is 44.8 Å². The molecule has 0 amide bonds. The molecule has 0 unspecified atom stereocenters. The highest BCUT2D eigenvalue weighted by atomic mass is 28.4. The molecule has 0 radical (unpaired) electrons. The Balaban J connectivity index is 3.26. The lowest BCUT2D eigenvalue weighted by atomic mass is 10.0. The minimum absolute atomic E-state index is 0.0602. The zero-order valence-electron chi connectivity index (χ0n) is 20.2. The van der Waals surface area contributed by atoms with Gasteiger partial charge in [0.25, 0.3) is 0 Å². The second-order valence-electron chi connectivity index (χ2n) is 11.0. The predicted octanol–water partition coefficient (Wildman–Crippen LogP) is 6.77. The van der Waals surface area contributed by atoms with Crippen LogP contribution in [0.25, 0.3) is 0 Å². The maximum Gasteiger partial charge on any atom is 0.337 e. The van der Waals surface area contributed by atoms with Gasteiger partial charge in [0.15, 0.2) is 0 Å². The Bertz CT molecular complexity index is 646. The largest absolute Gasteiger partial charge is 0.547 e. The first-order valence-electron chi connectivity index (χ1n) is 10.3. The van der Waals surface area contributed by atoms with E-state index in [0.29, 0.717) is 12.0 Å². The van der Waals surface area contributed by atoms with Gasteiger partial charge >= 0.3 is 5.97 Å². The molecule has 1 aliphatic rings. The summed E-state index contributed by atoms with van der Waals surface area (Å²) >= 11 is 0. The minimum atomic E-state index is -2.06. The van der Waals surface area contributed by atoms with Crippen LogP contribution >= 0.6 is 0 Å². The van der Waals surface area contributed by atoms with Crippen LogP contribution < -0.4 is 0 Å². The van der Waals surface area contributed by atoms with Gasteiger partial charge in [-0.1, -0.05) is 48.5 Å². The molecule has 0 bridgehead atoms. The summed E-state index contributed by atoms with van der Waals surface area (Å²) in [5.74, 6) is 1.37. The van der Waals surface area contributed by atoms with Crippen molar-refractivity contribution in [3.8, 4) is 0 Å². The number of carbonyl (C=O) groups is 1. The molecule has 0 aromatic heterocycles. The van der Waals surface area contributed by atoms with E-state index in [4.69, 9.17) is 13.6 Å². The van der Waals surface area contributed by atoms with Gasteiger partial charge in [0.05, 0.1) is 24.2 Å². The second-order valence-corrected chi connectivity index (χ2v) is 20.4. The SMILES string of the molecule is COC(=O)C1=C(O[Si](C)(C)C(C)(C)C)CCC(O[Si](C)(C)C(C)(C)C)=C[C@@H]1C. The van der Waals surface area contributed by atoms with Gasteiger partial charge in [-0.3, -0.25) is 0 Å². The van der Waals surface area contributed by atoms with E-state index in [0.717, 1.165) is 17.9 Å². The van der Waals surface area contributed by atoms with Crippen molar-refractivity contribution >= 4 is 22.6 Å². The molecule has 4 nitrogen and oxygen atoms in total. The summed E-state index contributed by atoms with van der Waals surface area (Å²) in [6.45, 7) is 24.3. The average molecular weight is 427 g/mol. The molecule has 0 aromatic rings. The first kappa shape index (κ1) is 25.0. The van der Waals surface area contributed by atoms with Gasteiger partial charge in [-0.2, -0.15) is 0 Å². The van der Waals surface area contributed by atoms with Crippen molar-refractivity contribution in [1.82, 2.24) is 0 Å². The quantitative estimate of drug-likeness (QED) is 0.359. The Kier molecular flexibility index (Phi) is 7.49. The van der Waals surface area contributed by atoms with Crippen LogP contribution in [0.2, 0.25) is 36.3 Å². The number of methoxy groups -OCH3 is 1. The molecule has 162 valence electrons. The molecule has 1 atom stereocenters. The van der Waals surface area contributed by atoms with Crippen LogP contribution in [0.15, 0.2) is 23.2 Å². The van der Waals surface area contributed by atoms with E-state index in [1.54, 1.807) is 0 Å². The highest BCUT2D eigenvalue weighted by molar-refractivity contribution is 6.74. The second kappa shape index (κ2) is 8.38. The third kappa shape index (κ3) is 5.75. The van der Waals surface area contributed by atoms with Crippen LogP contribution in [0.4, 0.5) is 0 Å². The van der Waals surface area contributed by atoms with Crippen LogP contribution in [0, 0.1) is 5.92 Å². The number of hydrogen-bond acceptors (Lipinski definition) is 4. The molecule has 0 aliphatic heterocycles. The number of esters is 1. The summed E-state index contributed by atoms with van der Waals surface area (Å²) in [7, 11) is -2.56. The van der Waals surface area contributed by atoms with Crippen LogP contribution in [0.5, 0.6) is 0 Å². The lowest BCUT2D eigenvalue weighted by Gasteiger charge is -2.38. The van der Waals surface area contributed by atoms with Gasteiger partial charge in [0, 0.05) is 18.8 Å². The van der Waals surface area contributed by atoms with Gasteiger partial charge in [-0.05, 0) is 42.3 Å². The summed E-state index contributed by atoms with van der Waals surface area (Å²) < 4.78 is 18.3. The summed E-state index contributed by atoms with van der Waals surface area (Å²) in [5.41, 5.74) is 0.640. The Labute approximate surface area is 175 Å². The average Bonchev–Trinajstić information content (AvgIpc) is 2.62. The molecule has 0 aromatic carbocycles. The molecule has 0 spiro atoms. The maximum absolute atomic E-state index is 12.6. The number of ether oxygens (including phenoxy) is 1. The number of carbonyl (C=O) groups excluding carboxylic acids is 1. The summed E-state index contributed by atoms with van der Waals surface area (Å²) in [4.78, 5) is 12.6. The van der Waals surface area contributed by atoms with Gasteiger partial charge in [-0.15, -0.1) is 0 Å². The summed E-state index contributed by atoms with van der Waals surface area (Å²) in [5, 5.41) is 0.188. The first-order valence-corrected chi connectivity index (χ1v) is 16.1. The molecule has 0 heterocycles. The fourth-order valence-corrected chi connectivity index (χ4v) is 4.88. The molecule has 0 saturated heterocycles. The lowest BCUT2D eigenvalue weighted by molar-refractivity contribution is -0.136. The molecular weight excluding hydrogens is 384 g/mol. The fraction of sp³-hybridized carbons (Fsp3) is 0.773. The van der Waals surface area contributed by atoms with E-state index in [9.17, 15) is 4.79 Å². The van der Waals surface area contributed by atoms with Crippen LogP contribution in [0.3, 0.4) is 0 Å². The predicted molar refractivity (Wildman–Crippen MR) is 122 cm³/mol. The molecular formula is C22H42O4Si2. The maximum atomic E-state index is 12.6. The first-order chi connectivity index (χ1) is 12.4. The third-order valence-corrected chi connectivity index (χ3v) is 15.3. The van der Waals surface area contributed by atoms with Crippen molar-refractivity contribution in [2.24, 2.45) is 5.92 Å². The molecule has 1 aliphatic carbocycles. The highest BCUT2D eigenvalue weighted by Crippen LogP contribution is 2.43. The molecule has 1 rings (SSSR count). The van der Waals surface area contributed by atoms with Crippen molar-refractivity contribution < 1.29 is 18.4 Å². The third-order valence-electron chi connectivity index (χ3n) is 6.57. The highest BCUT2D eigenvalue weighted by Gasteiger charge is 2.42. The van der Waals surface area contributed by atoms with Gasteiger partial charge in [0.2, 0.25) is 16.6 Å². The van der Waals surface area contributed by atoms with Gasteiger partial charge in [0.1, 0.15) is 0 Å². The Morgan fingerprint density at radius 2 is 1.39 bits per heavy atom. The van der Waals surface area contributed by atoms with Gasteiger partial charge in [-0.25, -0.2) is 4.79 Å². The van der Waals surface area contributed by atoms with Crippen molar-refractivity contribution in [2.75, 3.05) is 7.11 Å². The van der Waals surface area contributed by atoms with E-state index in [1.807, 2.05) is 6.92 Å². The normalized spacial score (nSPS) is 19.7. The monoisotopic (exact) mass is 426 g/mol. The van der Waals surface area contributed by atoms with E-state index in [1.165, 1.54) is 7.11 Å². The zero-order chi connectivity index (χ0) is 22.1.